The van der Waals surface area contributed by atoms with E-state index in [4.69, 9.17) is 14.2 Å². The van der Waals surface area contributed by atoms with E-state index in [2.05, 4.69) is 13.8 Å². The van der Waals surface area contributed by atoms with Gasteiger partial charge < -0.3 is 14.2 Å². The molecule has 0 spiro atoms. The monoisotopic (exact) mass is 536 g/mol. The Morgan fingerprint density at radius 1 is 0.615 bits per heavy atom. The van der Waals surface area contributed by atoms with Crippen LogP contribution in [0.1, 0.15) is 127 Å². The molecule has 3 rings (SSSR count). The number of carbonyl (C=O) groups is 1. The minimum atomic E-state index is -0.370. The van der Waals surface area contributed by atoms with Crippen molar-refractivity contribution in [2.24, 2.45) is 11.8 Å². The van der Waals surface area contributed by atoms with Crippen molar-refractivity contribution in [3.8, 4) is 17.2 Å². The van der Waals surface area contributed by atoms with Crippen LogP contribution >= 0.6 is 0 Å². The summed E-state index contributed by atoms with van der Waals surface area (Å²) in [5, 5.41) is 0. The Morgan fingerprint density at radius 3 is 1.72 bits per heavy atom. The van der Waals surface area contributed by atoms with E-state index in [0.29, 0.717) is 17.9 Å². The molecule has 1 fully saturated rings. The molecule has 4 heteroatoms. The third kappa shape index (κ3) is 12.1. The van der Waals surface area contributed by atoms with Crippen molar-refractivity contribution in [3.05, 3.63) is 54.1 Å². The highest BCUT2D eigenvalue weighted by atomic mass is 16.5. The maximum atomic E-state index is 12.5. The van der Waals surface area contributed by atoms with Gasteiger partial charge in [0, 0.05) is 0 Å². The lowest BCUT2D eigenvalue weighted by Crippen LogP contribution is -2.20. The van der Waals surface area contributed by atoms with E-state index in [9.17, 15) is 4.79 Å². The van der Waals surface area contributed by atoms with Crippen LogP contribution in [0.25, 0.3) is 0 Å². The predicted molar refractivity (Wildman–Crippen MR) is 161 cm³/mol. The molecule has 2 atom stereocenters. The van der Waals surface area contributed by atoms with Crippen molar-refractivity contribution < 1.29 is 19.0 Å². The summed E-state index contributed by atoms with van der Waals surface area (Å²) in [7, 11) is 0. The molecule has 0 N–H and O–H groups in total. The van der Waals surface area contributed by atoms with E-state index in [1.807, 2.05) is 24.3 Å². The quantitative estimate of drug-likeness (QED) is 0.102. The molecule has 0 bridgehead atoms. The average molecular weight is 537 g/mol. The Bertz CT molecular complexity index is 905. The van der Waals surface area contributed by atoms with Gasteiger partial charge >= 0.3 is 5.97 Å². The summed E-state index contributed by atoms with van der Waals surface area (Å²) in [6.45, 7) is 5.94. The molecule has 0 aromatic heterocycles. The fourth-order valence-electron chi connectivity index (χ4n) is 5.77. The lowest BCUT2D eigenvalue weighted by Gasteiger charge is -2.31. The van der Waals surface area contributed by atoms with Gasteiger partial charge in [0.05, 0.1) is 18.8 Å². The number of benzene rings is 2. The second-order valence-electron chi connectivity index (χ2n) is 11.3. The molecule has 0 radical (unpaired) electrons. The van der Waals surface area contributed by atoms with Gasteiger partial charge in [-0.1, -0.05) is 97.3 Å². The van der Waals surface area contributed by atoms with Gasteiger partial charge in [0.15, 0.2) is 0 Å². The van der Waals surface area contributed by atoms with Gasteiger partial charge in [0.1, 0.15) is 17.2 Å². The molecule has 0 heterocycles. The SMILES string of the molecule is CCCCCCCC1CCCCC1CCCOc1ccc(OC(=O)c2ccc(OCCCCCC)cc2)cc1. The van der Waals surface area contributed by atoms with E-state index in [0.717, 1.165) is 42.8 Å². The second kappa shape index (κ2) is 18.7. The Balaban J connectivity index is 1.33. The summed E-state index contributed by atoms with van der Waals surface area (Å²) in [4.78, 5) is 12.5. The van der Waals surface area contributed by atoms with Gasteiger partial charge in [0.2, 0.25) is 0 Å². The number of hydrogen-bond acceptors (Lipinski definition) is 4. The maximum Gasteiger partial charge on any atom is 0.343 e. The van der Waals surface area contributed by atoms with Crippen molar-refractivity contribution in [2.45, 2.75) is 117 Å². The first-order valence-corrected chi connectivity index (χ1v) is 15.9. The standard InChI is InChI=1S/C35H52O4/c1-3-5-7-9-10-15-29-16-11-12-17-30(29)18-14-28-38-33-23-25-34(26-24-33)39-35(36)31-19-21-32(22-20-31)37-27-13-8-6-4-2/h19-26,29-30H,3-18,27-28H2,1-2H3. The second-order valence-corrected chi connectivity index (χ2v) is 11.3. The molecule has 0 aliphatic heterocycles. The van der Waals surface area contributed by atoms with Crippen LogP contribution < -0.4 is 14.2 Å². The van der Waals surface area contributed by atoms with Crippen molar-refractivity contribution in [1.29, 1.82) is 0 Å². The average Bonchev–Trinajstić information content (AvgIpc) is 2.97. The minimum Gasteiger partial charge on any atom is -0.494 e. The summed E-state index contributed by atoms with van der Waals surface area (Å²) < 4.78 is 17.3. The van der Waals surface area contributed by atoms with Crippen LogP contribution in [-0.4, -0.2) is 19.2 Å². The van der Waals surface area contributed by atoms with E-state index < -0.39 is 0 Å². The third-order valence-electron chi connectivity index (χ3n) is 8.12. The topological polar surface area (TPSA) is 44.8 Å². The molecule has 0 amide bonds. The molecule has 2 aromatic rings. The van der Waals surface area contributed by atoms with Gasteiger partial charge in [-0.2, -0.15) is 0 Å². The Kier molecular flexibility index (Phi) is 14.9. The van der Waals surface area contributed by atoms with Crippen LogP contribution in [0.2, 0.25) is 0 Å². The Labute approximate surface area is 237 Å². The predicted octanol–water partition coefficient (Wildman–Crippen LogP) is 10.2. The number of esters is 1. The first-order chi connectivity index (χ1) is 19.2. The molecule has 39 heavy (non-hydrogen) atoms. The number of hydrogen-bond donors (Lipinski definition) is 0. The summed E-state index contributed by atoms with van der Waals surface area (Å²) in [6, 6.07) is 14.5. The van der Waals surface area contributed by atoms with Crippen LogP contribution in [-0.2, 0) is 0 Å². The molecule has 216 valence electrons. The highest BCUT2D eigenvalue weighted by Gasteiger charge is 2.24. The number of ether oxygens (including phenoxy) is 3. The number of carbonyl (C=O) groups excluding carboxylic acids is 1. The molecule has 2 unspecified atom stereocenters. The summed E-state index contributed by atoms with van der Waals surface area (Å²) in [5.74, 6) is 3.56. The van der Waals surface area contributed by atoms with Gasteiger partial charge in [-0.15, -0.1) is 0 Å². The Hall–Kier alpha value is -2.49. The van der Waals surface area contributed by atoms with Crippen LogP contribution in [0.4, 0.5) is 0 Å². The van der Waals surface area contributed by atoms with Gasteiger partial charge in [-0.05, 0) is 79.6 Å². The van der Waals surface area contributed by atoms with Gasteiger partial charge in [-0.3, -0.25) is 0 Å². The van der Waals surface area contributed by atoms with Crippen LogP contribution in [0.3, 0.4) is 0 Å². The lowest BCUT2D eigenvalue weighted by atomic mass is 9.74. The largest absolute Gasteiger partial charge is 0.494 e. The normalized spacial score (nSPS) is 17.1. The van der Waals surface area contributed by atoms with Gasteiger partial charge in [0.25, 0.3) is 0 Å². The molecular weight excluding hydrogens is 484 g/mol. The molecule has 2 aromatic carbocycles. The summed E-state index contributed by atoms with van der Waals surface area (Å²) >= 11 is 0. The highest BCUT2D eigenvalue weighted by molar-refractivity contribution is 5.91. The van der Waals surface area contributed by atoms with E-state index in [1.165, 1.54) is 89.9 Å². The zero-order valence-electron chi connectivity index (χ0n) is 24.6. The van der Waals surface area contributed by atoms with E-state index >= 15 is 0 Å². The number of rotatable bonds is 19. The highest BCUT2D eigenvalue weighted by Crippen LogP contribution is 2.36. The Morgan fingerprint density at radius 2 is 1.10 bits per heavy atom. The fraction of sp³-hybridized carbons (Fsp3) is 0.629. The van der Waals surface area contributed by atoms with Crippen LogP contribution in [0.5, 0.6) is 17.2 Å². The molecule has 4 nitrogen and oxygen atoms in total. The molecule has 1 saturated carbocycles. The maximum absolute atomic E-state index is 12.5. The van der Waals surface area contributed by atoms with Crippen molar-refractivity contribution in [3.63, 3.8) is 0 Å². The molecular formula is C35H52O4. The van der Waals surface area contributed by atoms with Crippen molar-refractivity contribution >= 4 is 5.97 Å². The first-order valence-electron chi connectivity index (χ1n) is 15.9. The van der Waals surface area contributed by atoms with Crippen LogP contribution in [0, 0.1) is 11.8 Å². The molecule has 1 aliphatic rings. The van der Waals surface area contributed by atoms with Crippen molar-refractivity contribution in [1.82, 2.24) is 0 Å². The van der Waals surface area contributed by atoms with E-state index in [-0.39, 0.29) is 5.97 Å². The van der Waals surface area contributed by atoms with Crippen LogP contribution in [0.15, 0.2) is 48.5 Å². The first kappa shape index (κ1) is 31.0. The number of unbranched alkanes of at least 4 members (excludes halogenated alkanes) is 7. The summed E-state index contributed by atoms with van der Waals surface area (Å²) in [5.41, 5.74) is 0.510. The minimum absolute atomic E-state index is 0.370. The zero-order valence-corrected chi connectivity index (χ0v) is 24.6. The zero-order chi connectivity index (χ0) is 27.5. The smallest absolute Gasteiger partial charge is 0.343 e. The molecule has 1 aliphatic carbocycles. The summed E-state index contributed by atoms with van der Waals surface area (Å²) in [6.07, 6.45) is 21.1. The fourth-order valence-corrected chi connectivity index (χ4v) is 5.77. The van der Waals surface area contributed by atoms with E-state index in [1.54, 1.807) is 24.3 Å². The molecule has 0 saturated heterocycles. The van der Waals surface area contributed by atoms with Gasteiger partial charge in [-0.25, -0.2) is 4.79 Å². The van der Waals surface area contributed by atoms with Crippen molar-refractivity contribution in [2.75, 3.05) is 13.2 Å². The third-order valence-corrected chi connectivity index (χ3v) is 8.12. The lowest BCUT2D eigenvalue weighted by molar-refractivity contribution is 0.0734.